The van der Waals surface area contributed by atoms with Crippen LogP contribution in [0.5, 0.6) is 0 Å². The highest BCUT2D eigenvalue weighted by molar-refractivity contribution is 6.31. The highest BCUT2D eigenvalue weighted by Gasteiger charge is 2.27. The highest BCUT2D eigenvalue weighted by Crippen LogP contribution is 2.40. The van der Waals surface area contributed by atoms with Crippen LogP contribution in [0.25, 0.3) is 0 Å². The van der Waals surface area contributed by atoms with Gasteiger partial charge in [0.15, 0.2) is 0 Å². The van der Waals surface area contributed by atoms with Crippen LogP contribution in [0.1, 0.15) is 29.6 Å². The first-order valence-electron chi connectivity index (χ1n) is 6.22. The Morgan fingerprint density at radius 2 is 1.95 bits per heavy atom. The number of nitrogens with two attached hydrogens (primary N) is 1. The minimum absolute atomic E-state index is 0.113. The molecule has 19 heavy (non-hydrogen) atoms. The Kier molecular flexibility index (Phi) is 3.17. The summed E-state index contributed by atoms with van der Waals surface area (Å²) < 4.78 is 14.0. The van der Waals surface area contributed by atoms with Crippen LogP contribution in [0.4, 0.5) is 10.1 Å². The highest BCUT2D eigenvalue weighted by atomic mass is 35.5. The van der Waals surface area contributed by atoms with Gasteiger partial charge in [-0.1, -0.05) is 35.9 Å². The predicted octanol–water partition coefficient (Wildman–Crippen LogP) is 4.04. The lowest BCUT2D eigenvalue weighted by atomic mass is 9.90. The Labute approximate surface area is 116 Å². The van der Waals surface area contributed by atoms with E-state index in [0.29, 0.717) is 17.0 Å². The molecule has 1 aliphatic rings. The molecule has 3 rings (SSSR count). The molecule has 2 aromatic carbocycles. The van der Waals surface area contributed by atoms with Crippen LogP contribution >= 0.6 is 11.6 Å². The minimum Gasteiger partial charge on any atom is -0.378 e. The van der Waals surface area contributed by atoms with Crippen LogP contribution < -0.4 is 11.1 Å². The third kappa shape index (κ3) is 2.20. The van der Waals surface area contributed by atoms with Gasteiger partial charge in [0.25, 0.3) is 0 Å². The maximum Gasteiger partial charge on any atom is 0.129 e. The molecule has 2 aromatic rings. The number of anilines is 1. The Morgan fingerprint density at radius 3 is 2.74 bits per heavy atom. The molecule has 0 aromatic heterocycles. The average Bonchev–Trinajstić information content (AvgIpc) is 2.38. The van der Waals surface area contributed by atoms with Crippen molar-refractivity contribution in [1.29, 1.82) is 0 Å². The monoisotopic (exact) mass is 276 g/mol. The molecule has 4 heteroatoms. The topological polar surface area (TPSA) is 38.0 Å². The molecule has 0 aliphatic carbocycles. The van der Waals surface area contributed by atoms with Crippen molar-refractivity contribution >= 4 is 17.3 Å². The summed E-state index contributed by atoms with van der Waals surface area (Å²) in [6.07, 6.45) is 0.623. The molecule has 2 unspecified atom stereocenters. The van der Waals surface area contributed by atoms with Crippen LogP contribution in [0.15, 0.2) is 42.5 Å². The molecule has 0 saturated carbocycles. The van der Waals surface area contributed by atoms with Crippen molar-refractivity contribution < 1.29 is 4.39 Å². The second-order valence-corrected chi connectivity index (χ2v) is 5.17. The Morgan fingerprint density at radius 1 is 1.16 bits per heavy atom. The normalized spacial score (nSPS) is 21.6. The molecule has 0 amide bonds. The molecule has 2 nitrogen and oxygen atoms in total. The fourth-order valence-corrected chi connectivity index (χ4v) is 2.91. The van der Waals surface area contributed by atoms with Crippen LogP contribution in [-0.4, -0.2) is 0 Å². The van der Waals surface area contributed by atoms with Gasteiger partial charge in [-0.15, -0.1) is 0 Å². The molecule has 1 aliphatic heterocycles. The summed E-state index contributed by atoms with van der Waals surface area (Å²) in [5, 5.41) is 3.76. The molecular weight excluding hydrogens is 263 g/mol. The van der Waals surface area contributed by atoms with E-state index in [1.54, 1.807) is 12.1 Å². The standard InChI is InChI=1S/C15H14ClFN2/c16-10-5-3-6-11(17)15(10)14-8-12(18)9-4-1-2-7-13(9)19-14/h1-7,12,14,19H,8,18H2. The van der Waals surface area contributed by atoms with Gasteiger partial charge in [-0.3, -0.25) is 0 Å². The maximum absolute atomic E-state index is 14.0. The summed E-state index contributed by atoms with van der Waals surface area (Å²) in [7, 11) is 0. The zero-order valence-corrected chi connectivity index (χ0v) is 11.0. The fraction of sp³-hybridized carbons (Fsp3) is 0.200. The van der Waals surface area contributed by atoms with Crippen LogP contribution in [0.3, 0.4) is 0 Å². The van der Waals surface area contributed by atoms with Crippen molar-refractivity contribution in [1.82, 2.24) is 0 Å². The number of para-hydroxylation sites is 1. The zero-order chi connectivity index (χ0) is 13.4. The molecule has 0 bridgehead atoms. The van der Waals surface area contributed by atoms with Crippen molar-refractivity contribution in [3.05, 3.63) is 64.4 Å². The van der Waals surface area contributed by atoms with Gasteiger partial charge >= 0.3 is 0 Å². The summed E-state index contributed by atoms with van der Waals surface area (Å²) in [4.78, 5) is 0. The number of fused-ring (bicyclic) bond motifs is 1. The lowest BCUT2D eigenvalue weighted by molar-refractivity contribution is 0.528. The van der Waals surface area contributed by atoms with Crippen LogP contribution in [-0.2, 0) is 0 Å². The van der Waals surface area contributed by atoms with Gasteiger partial charge in [-0.2, -0.15) is 0 Å². The van der Waals surface area contributed by atoms with Gasteiger partial charge in [0.2, 0.25) is 0 Å². The summed E-state index contributed by atoms with van der Waals surface area (Å²) in [5.74, 6) is -0.295. The van der Waals surface area contributed by atoms with E-state index in [2.05, 4.69) is 5.32 Å². The van der Waals surface area contributed by atoms with Gasteiger partial charge in [0.05, 0.1) is 6.04 Å². The quantitative estimate of drug-likeness (QED) is 0.825. The van der Waals surface area contributed by atoms with E-state index >= 15 is 0 Å². The number of benzene rings is 2. The first-order valence-corrected chi connectivity index (χ1v) is 6.59. The summed E-state index contributed by atoms with van der Waals surface area (Å²) in [6.45, 7) is 0. The van der Waals surface area contributed by atoms with Gasteiger partial charge in [-0.25, -0.2) is 4.39 Å². The second kappa shape index (κ2) is 4.83. The van der Waals surface area contributed by atoms with E-state index in [1.165, 1.54) is 6.07 Å². The largest absolute Gasteiger partial charge is 0.378 e. The van der Waals surface area contributed by atoms with Crippen molar-refractivity contribution in [2.75, 3.05) is 5.32 Å². The Balaban J connectivity index is 2.02. The van der Waals surface area contributed by atoms with E-state index in [1.807, 2.05) is 24.3 Å². The number of hydrogen-bond donors (Lipinski definition) is 2. The molecule has 0 spiro atoms. The minimum atomic E-state index is -0.295. The van der Waals surface area contributed by atoms with Gasteiger partial charge in [0, 0.05) is 22.3 Å². The van der Waals surface area contributed by atoms with Crippen molar-refractivity contribution in [2.24, 2.45) is 5.73 Å². The number of nitrogens with one attached hydrogen (secondary N) is 1. The number of hydrogen-bond acceptors (Lipinski definition) is 2. The molecular formula is C15H14ClFN2. The van der Waals surface area contributed by atoms with Gasteiger partial charge in [-0.05, 0) is 30.2 Å². The van der Waals surface area contributed by atoms with Crippen LogP contribution in [0, 0.1) is 5.82 Å². The van der Waals surface area contributed by atoms with Crippen molar-refractivity contribution in [3.63, 3.8) is 0 Å². The van der Waals surface area contributed by atoms with Gasteiger partial charge < -0.3 is 11.1 Å². The molecule has 0 saturated heterocycles. The first-order chi connectivity index (χ1) is 9.16. The third-order valence-corrected chi connectivity index (χ3v) is 3.86. The molecule has 0 fully saturated rings. The van der Waals surface area contributed by atoms with E-state index in [-0.39, 0.29) is 17.9 Å². The van der Waals surface area contributed by atoms with Crippen LogP contribution in [0.2, 0.25) is 5.02 Å². The third-order valence-electron chi connectivity index (χ3n) is 3.53. The van der Waals surface area contributed by atoms with E-state index in [4.69, 9.17) is 17.3 Å². The molecule has 1 heterocycles. The zero-order valence-electron chi connectivity index (χ0n) is 10.2. The summed E-state index contributed by atoms with van der Waals surface area (Å²) >= 11 is 6.12. The lowest BCUT2D eigenvalue weighted by Crippen LogP contribution is -2.26. The smallest absolute Gasteiger partial charge is 0.129 e. The molecule has 3 N–H and O–H groups in total. The number of rotatable bonds is 1. The summed E-state index contributed by atoms with van der Waals surface area (Å²) in [6, 6.07) is 12.3. The molecule has 2 atom stereocenters. The number of halogens is 2. The fourth-order valence-electron chi connectivity index (χ4n) is 2.61. The van der Waals surface area contributed by atoms with E-state index in [9.17, 15) is 4.39 Å². The van der Waals surface area contributed by atoms with E-state index < -0.39 is 0 Å². The Bertz CT molecular complexity index is 595. The van der Waals surface area contributed by atoms with Gasteiger partial charge in [0.1, 0.15) is 5.82 Å². The summed E-state index contributed by atoms with van der Waals surface area (Å²) in [5.41, 5.74) is 8.67. The SMILES string of the molecule is NC1CC(c2c(F)cccc2Cl)Nc2ccccc21. The maximum atomic E-state index is 14.0. The molecule has 98 valence electrons. The predicted molar refractivity (Wildman–Crippen MR) is 75.8 cm³/mol. The van der Waals surface area contributed by atoms with E-state index in [0.717, 1.165) is 11.3 Å². The molecule has 0 radical (unpaired) electrons. The first kappa shape index (κ1) is 12.5. The second-order valence-electron chi connectivity index (χ2n) is 4.76. The van der Waals surface area contributed by atoms with Crippen molar-refractivity contribution in [3.8, 4) is 0 Å². The lowest BCUT2D eigenvalue weighted by Gasteiger charge is -2.32. The average molecular weight is 277 g/mol. The Hall–Kier alpha value is -1.58. The van der Waals surface area contributed by atoms with Crippen molar-refractivity contribution in [2.45, 2.75) is 18.5 Å².